The Kier molecular flexibility index (Phi) is 11.1. The summed E-state index contributed by atoms with van der Waals surface area (Å²) in [6.45, 7) is 7.84. The second kappa shape index (κ2) is 13.8. The van der Waals surface area contributed by atoms with E-state index in [-0.39, 0.29) is 24.5 Å². The van der Waals surface area contributed by atoms with Gasteiger partial charge in [0.25, 0.3) is 0 Å². The molecule has 1 aliphatic rings. The number of benzene rings is 1. The van der Waals surface area contributed by atoms with Gasteiger partial charge in [0.05, 0.1) is 30.4 Å². The summed E-state index contributed by atoms with van der Waals surface area (Å²) < 4.78 is 0. The fourth-order valence-corrected chi connectivity index (χ4v) is 4.41. The van der Waals surface area contributed by atoms with E-state index in [9.17, 15) is 15.0 Å². The topological polar surface area (TPSA) is 173 Å². The van der Waals surface area contributed by atoms with Crippen molar-refractivity contribution in [2.24, 2.45) is 22.5 Å². The molecule has 198 valence electrons. The number of hydrogen-bond acceptors (Lipinski definition) is 9. The lowest BCUT2D eigenvalue weighted by atomic mass is 9.97. The van der Waals surface area contributed by atoms with E-state index in [1.807, 2.05) is 45.0 Å². The van der Waals surface area contributed by atoms with Gasteiger partial charge in [0.2, 0.25) is 5.91 Å². The first-order valence-corrected chi connectivity index (χ1v) is 12.2. The Morgan fingerprint density at radius 1 is 1.25 bits per heavy atom. The van der Waals surface area contributed by atoms with E-state index in [4.69, 9.17) is 17.0 Å². The maximum Gasteiger partial charge on any atom is 0.238 e. The monoisotopic (exact) mass is 499 g/mol. The Hall–Kier alpha value is -3.21. The van der Waals surface area contributed by atoms with Crippen LogP contribution < -0.4 is 22.1 Å². The zero-order chi connectivity index (χ0) is 26.8. The molecule has 1 saturated heterocycles. The molecule has 9 N–H and O–H groups in total. The number of carbonyl (C=O) groups excluding carboxylic acids is 1. The molecule has 0 aromatic heterocycles. The van der Waals surface area contributed by atoms with Crippen molar-refractivity contribution >= 4 is 11.5 Å². The number of allylic oxidation sites excluding steroid dienone is 3. The second-order valence-electron chi connectivity index (χ2n) is 9.44. The number of nitrogens with zero attached hydrogens (tertiary/aromatic N) is 2. The van der Waals surface area contributed by atoms with Gasteiger partial charge in [0, 0.05) is 24.5 Å². The Bertz CT molecular complexity index is 972. The summed E-state index contributed by atoms with van der Waals surface area (Å²) in [5.41, 5.74) is 22.3. The highest BCUT2D eigenvalue weighted by Crippen LogP contribution is 2.26. The zero-order valence-electron chi connectivity index (χ0n) is 21.6. The van der Waals surface area contributed by atoms with Crippen LogP contribution >= 0.6 is 0 Å². The Labute approximate surface area is 213 Å². The molecule has 10 nitrogen and oxygen atoms in total. The van der Waals surface area contributed by atoms with Crippen molar-refractivity contribution in [3.63, 3.8) is 0 Å². The molecule has 0 radical (unpaired) electrons. The summed E-state index contributed by atoms with van der Waals surface area (Å²) in [6, 6.07) is 5.97. The number of amides is 1. The number of aliphatic hydroxyl groups excluding tert-OH is 2. The van der Waals surface area contributed by atoms with Gasteiger partial charge in [-0.25, -0.2) is 5.53 Å². The first-order valence-electron chi connectivity index (χ1n) is 12.2. The van der Waals surface area contributed by atoms with Crippen LogP contribution in [0.15, 0.2) is 59.2 Å². The van der Waals surface area contributed by atoms with Gasteiger partial charge >= 0.3 is 0 Å². The lowest BCUT2D eigenvalue weighted by molar-refractivity contribution is -0.132. The van der Waals surface area contributed by atoms with Crippen molar-refractivity contribution in [3.05, 3.63) is 65.3 Å². The van der Waals surface area contributed by atoms with E-state index >= 15 is 0 Å². The van der Waals surface area contributed by atoms with Crippen LogP contribution in [-0.4, -0.2) is 52.5 Å². The molecular weight excluding hydrogens is 458 g/mol. The minimum Gasteiger partial charge on any atom is -0.404 e. The fourth-order valence-electron chi connectivity index (χ4n) is 4.41. The number of rotatable bonds is 12. The van der Waals surface area contributed by atoms with Gasteiger partial charge in [-0.2, -0.15) is 5.11 Å². The van der Waals surface area contributed by atoms with Gasteiger partial charge in [0.1, 0.15) is 6.23 Å². The van der Waals surface area contributed by atoms with Crippen LogP contribution in [0.5, 0.6) is 0 Å². The van der Waals surface area contributed by atoms with Crippen LogP contribution in [-0.2, 0) is 4.79 Å². The molecule has 0 saturated carbocycles. The van der Waals surface area contributed by atoms with Crippen LogP contribution in [0.3, 0.4) is 0 Å². The summed E-state index contributed by atoms with van der Waals surface area (Å²) in [4.78, 5) is 15.1. The number of nitrogens with two attached hydrogens (primary N) is 2. The molecule has 10 heteroatoms. The third kappa shape index (κ3) is 7.16. The molecule has 1 unspecified atom stereocenters. The molecule has 4 atom stereocenters. The van der Waals surface area contributed by atoms with E-state index in [0.29, 0.717) is 18.7 Å². The predicted molar refractivity (Wildman–Crippen MR) is 141 cm³/mol. The third-order valence-corrected chi connectivity index (χ3v) is 6.60. The van der Waals surface area contributed by atoms with Crippen LogP contribution in [0.4, 0.5) is 0 Å². The molecule has 36 heavy (non-hydrogen) atoms. The number of aliphatic hydroxyl groups is 2. The Balaban J connectivity index is 2.15. The van der Waals surface area contributed by atoms with Crippen molar-refractivity contribution in [3.8, 4) is 0 Å². The maximum absolute atomic E-state index is 13.3. The molecule has 1 aliphatic heterocycles. The first-order chi connectivity index (χ1) is 17.2. The summed E-state index contributed by atoms with van der Waals surface area (Å²) in [7, 11) is 0. The van der Waals surface area contributed by atoms with Gasteiger partial charge in [-0.05, 0) is 55.5 Å². The first kappa shape index (κ1) is 29.0. The van der Waals surface area contributed by atoms with Crippen LogP contribution in [0, 0.1) is 11.4 Å². The second-order valence-corrected chi connectivity index (χ2v) is 9.44. The minimum absolute atomic E-state index is 0.0630. The van der Waals surface area contributed by atoms with E-state index in [1.54, 1.807) is 18.0 Å². The van der Waals surface area contributed by atoms with E-state index in [2.05, 4.69) is 15.7 Å². The smallest absolute Gasteiger partial charge is 0.238 e. The van der Waals surface area contributed by atoms with Gasteiger partial charge in [-0.1, -0.05) is 38.1 Å². The molecular formula is C26H41N7O3. The Morgan fingerprint density at radius 3 is 2.44 bits per heavy atom. The number of likely N-dealkylation sites (tertiary alicyclic amines) is 1. The molecule has 0 aliphatic carbocycles. The molecule has 1 aromatic rings. The highest BCUT2D eigenvalue weighted by atomic mass is 16.3. The standard InChI is InChI=1S/C26H41N7O3/c1-16(2)24(30-14-18(4)32-29)26(36)33-11-5-6-23(33)25(35)31-22(15-34)20-9-7-19(8-10-20)21(13-28)17(3)12-27/h7-10,12-14,16,22-24,26,29-30,34,36H,5-6,11,15,27-28H2,1-4H3,(H,31,35)/b17-12-,18-14-,21-13+,32-29?/t22-,23-,24-,26?/m0/s1. The van der Waals surface area contributed by atoms with Crippen molar-refractivity contribution < 1.29 is 15.0 Å². The van der Waals surface area contributed by atoms with Gasteiger partial charge < -0.3 is 32.3 Å². The third-order valence-electron chi connectivity index (χ3n) is 6.60. The molecule has 2 rings (SSSR count). The largest absolute Gasteiger partial charge is 0.404 e. The van der Waals surface area contributed by atoms with Crippen LogP contribution in [0.2, 0.25) is 0 Å². The molecule has 1 aromatic carbocycles. The van der Waals surface area contributed by atoms with Crippen molar-refractivity contribution in [1.29, 1.82) is 5.53 Å². The number of hydrogen-bond donors (Lipinski definition) is 7. The van der Waals surface area contributed by atoms with E-state index in [0.717, 1.165) is 28.7 Å². The predicted octanol–water partition coefficient (Wildman–Crippen LogP) is 2.29. The lowest BCUT2D eigenvalue weighted by Crippen LogP contribution is -2.56. The highest BCUT2D eigenvalue weighted by molar-refractivity contribution is 5.82. The normalized spacial score (nSPS) is 20.2. The highest BCUT2D eigenvalue weighted by Gasteiger charge is 2.39. The van der Waals surface area contributed by atoms with Crippen LogP contribution in [0.25, 0.3) is 5.57 Å². The van der Waals surface area contributed by atoms with Crippen molar-refractivity contribution in [2.45, 2.75) is 64.9 Å². The Morgan fingerprint density at radius 2 is 1.92 bits per heavy atom. The molecule has 0 spiro atoms. The molecule has 1 fully saturated rings. The summed E-state index contributed by atoms with van der Waals surface area (Å²) >= 11 is 0. The quantitative estimate of drug-likeness (QED) is 0.171. The summed E-state index contributed by atoms with van der Waals surface area (Å²) in [5.74, 6) is -0.178. The van der Waals surface area contributed by atoms with Crippen LogP contribution in [0.1, 0.15) is 57.7 Å². The maximum atomic E-state index is 13.3. The molecule has 1 amide bonds. The average molecular weight is 500 g/mol. The van der Waals surface area contributed by atoms with Gasteiger partial charge in [0.15, 0.2) is 0 Å². The van der Waals surface area contributed by atoms with E-state index in [1.165, 1.54) is 12.4 Å². The van der Waals surface area contributed by atoms with Crippen molar-refractivity contribution in [2.75, 3.05) is 13.2 Å². The minimum atomic E-state index is -0.912. The van der Waals surface area contributed by atoms with Crippen molar-refractivity contribution in [1.82, 2.24) is 15.5 Å². The fraction of sp³-hybridized carbons (Fsp3) is 0.500. The zero-order valence-corrected chi connectivity index (χ0v) is 21.6. The number of carbonyl (C=O) groups is 1. The number of nitrogens with one attached hydrogen (secondary N) is 3. The average Bonchev–Trinajstić information content (AvgIpc) is 3.37. The van der Waals surface area contributed by atoms with Gasteiger partial charge in [-0.15, -0.1) is 0 Å². The molecule has 1 heterocycles. The summed E-state index contributed by atoms with van der Waals surface area (Å²) in [5, 5.41) is 30.7. The SMILES string of the molecule is C/C(=C/N[C@@H](C(C)C)C(O)N1CCC[C@H]1C(=O)N[C@@H](CO)c1ccc(C(=C/N)/C(C)=C\N)cc1)N=N. The van der Waals surface area contributed by atoms with Gasteiger partial charge in [-0.3, -0.25) is 9.69 Å². The lowest BCUT2D eigenvalue weighted by Gasteiger charge is -2.36. The van der Waals surface area contributed by atoms with E-state index < -0.39 is 18.3 Å². The molecule has 0 bridgehead atoms. The summed E-state index contributed by atoms with van der Waals surface area (Å²) in [6.07, 6.45) is 5.07.